The van der Waals surface area contributed by atoms with Crippen molar-refractivity contribution in [1.82, 2.24) is 0 Å². The third kappa shape index (κ3) is 3.23. The summed E-state index contributed by atoms with van der Waals surface area (Å²) in [6.07, 6.45) is 0. The van der Waals surface area contributed by atoms with Crippen LogP contribution in [-0.4, -0.2) is 17.6 Å². The molecule has 0 radical (unpaired) electrons. The Morgan fingerprint density at radius 3 is 2.36 bits per heavy atom. The zero-order valence-electron chi connectivity index (χ0n) is 12.2. The van der Waals surface area contributed by atoms with Gasteiger partial charge in [-0.25, -0.2) is 0 Å². The molecule has 2 aromatic rings. The normalized spacial score (nSPS) is 15.8. The van der Waals surface area contributed by atoms with Gasteiger partial charge in [0.25, 0.3) is 0 Å². The van der Waals surface area contributed by atoms with Gasteiger partial charge < -0.3 is 10.1 Å². The smallest absolute Gasteiger partial charge is 0.224 e. The number of para-hydroxylation sites is 1. The van der Waals surface area contributed by atoms with Crippen molar-refractivity contribution in [2.24, 2.45) is 4.99 Å². The van der Waals surface area contributed by atoms with E-state index >= 15 is 0 Å². The van der Waals surface area contributed by atoms with Crippen LogP contribution in [-0.2, 0) is 4.74 Å². The molecule has 3 nitrogen and oxygen atoms in total. The molecule has 1 heterocycles. The van der Waals surface area contributed by atoms with Crippen molar-refractivity contribution in [1.29, 1.82) is 0 Å². The number of aliphatic imine (C=N–C) groups is 1. The fourth-order valence-corrected chi connectivity index (χ4v) is 2.53. The van der Waals surface area contributed by atoms with E-state index in [1.807, 2.05) is 48.5 Å². The molecule has 0 unspecified atom stereocenters. The molecule has 0 atom stereocenters. The van der Waals surface area contributed by atoms with Crippen LogP contribution in [0.25, 0.3) is 5.57 Å². The summed E-state index contributed by atoms with van der Waals surface area (Å²) >= 11 is 5.31. The van der Waals surface area contributed by atoms with E-state index < -0.39 is 0 Å². The molecule has 0 aromatic heterocycles. The van der Waals surface area contributed by atoms with Crippen molar-refractivity contribution in [3.05, 3.63) is 71.8 Å². The highest BCUT2D eigenvalue weighted by molar-refractivity contribution is 7.80. The van der Waals surface area contributed by atoms with Crippen LogP contribution in [0.4, 0.5) is 5.69 Å². The lowest BCUT2D eigenvalue weighted by atomic mass is 10.0. The molecule has 110 valence electrons. The van der Waals surface area contributed by atoms with Gasteiger partial charge in [0.15, 0.2) is 0 Å². The highest BCUT2D eigenvalue weighted by Crippen LogP contribution is 2.27. The molecule has 0 saturated heterocycles. The van der Waals surface area contributed by atoms with Crippen molar-refractivity contribution < 1.29 is 4.74 Å². The highest BCUT2D eigenvalue weighted by atomic mass is 32.1. The molecule has 1 N–H and O–H groups in total. The average Bonchev–Trinajstić information content (AvgIpc) is 2.89. The summed E-state index contributed by atoms with van der Waals surface area (Å²) in [5.74, 6) is 0.581. The fourth-order valence-electron chi connectivity index (χ4n) is 2.33. The number of ether oxygens (including phenoxy) is 1. The lowest BCUT2D eigenvalue weighted by Crippen LogP contribution is -2.11. The number of hydrogen-bond donors (Lipinski definition) is 1. The molecule has 1 aliphatic rings. The minimum absolute atomic E-state index is 0.393. The zero-order valence-corrected chi connectivity index (χ0v) is 13.1. The average molecular weight is 308 g/mol. The van der Waals surface area contributed by atoms with Crippen LogP contribution in [0.1, 0.15) is 12.5 Å². The fraction of sp³-hybridized carbons (Fsp3) is 0.111. The van der Waals surface area contributed by atoms with Crippen LogP contribution in [0.15, 0.2) is 71.2 Å². The van der Waals surface area contributed by atoms with E-state index in [2.05, 4.69) is 29.4 Å². The molecule has 22 heavy (non-hydrogen) atoms. The number of nitrogens with zero attached hydrogens (tertiary/aromatic N) is 1. The third-order valence-electron chi connectivity index (χ3n) is 3.36. The number of nitrogens with one attached hydrogen (secondary N) is 1. The van der Waals surface area contributed by atoms with Gasteiger partial charge in [-0.2, -0.15) is 4.99 Å². The summed E-state index contributed by atoms with van der Waals surface area (Å²) in [5, 5.41) is 3.49. The van der Waals surface area contributed by atoms with Crippen LogP contribution >= 0.6 is 12.2 Å². The van der Waals surface area contributed by atoms with E-state index in [1.165, 1.54) is 0 Å². The zero-order chi connectivity index (χ0) is 15.4. The largest absolute Gasteiger partial charge is 0.473 e. The van der Waals surface area contributed by atoms with Crippen molar-refractivity contribution in [2.75, 3.05) is 11.9 Å². The maximum atomic E-state index is 5.69. The van der Waals surface area contributed by atoms with E-state index in [0.717, 1.165) is 22.4 Å². The van der Waals surface area contributed by atoms with Gasteiger partial charge in [-0.05, 0) is 42.4 Å². The van der Waals surface area contributed by atoms with E-state index in [1.54, 1.807) is 0 Å². The topological polar surface area (TPSA) is 33.6 Å². The molecule has 0 saturated carbocycles. The first-order chi connectivity index (χ1) is 10.7. The maximum absolute atomic E-state index is 5.69. The molecular weight excluding hydrogens is 292 g/mol. The Morgan fingerprint density at radius 2 is 1.68 bits per heavy atom. The van der Waals surface area contributed by atoms with Crippen LogP contribution in [0.5, 0.6) is 0 Å². The number of hydrogen-bond acceptors (Lipinski definition) is 2. The highest BCUT2D eigenvalue weighted by Gasteiger charge is 2.22. The standard InChI is InChI=1S/C18H16N2OS/c1-13-12-21-17(16(13)14-8-4-2-5-9-14)20-18(22)19-15-10-6-3-7-11-15/h2-11H,12H2,1H3,(H,19,22)/b20-17-. The molecule has 2 aromatic carbocycles. The Kier molecular flexibility index (Phi) is 4.30. The van der Waals surface area contributed by atoms with Crippen LogP contribution in [0.2, 0.25) is 0 Å². The molecule has 0 spiro atoms. The lowest BCUT2D eigenvalue weighted by molar-refractivity contribution is 0.359. The molecule has 0 amide bonds. The summed E-state index contributed by atoms with van der Waals surface area (Å²) in [6, 6.07) is 19.9. The first-order valence-electron chi connectivity index (χ1n) is 7.07. The summed E-state index contributed by atoms with van der Waals surface area (Å²) in [7, 11) is 0. The summed E-state index contributed by atoms with van der Waals surface area (Å²) < 4.78 is 5.69. The molecule has 0 bridgehead atoms. The van der Waals surface area contributed by atoms with Gasteiger partial charge in [-0.1, -0.05) is 48.5 Å². The summed E-state index contributed by atoms with van der Waals surface area (Å²) in [5.41, 5.74) is 4.20. The van der Waals surface area contributed by atoms with E-state index in [4.69, 9.17) is 17.0 Å². The van der Waals surface area contributed by atoms with E-state index in [-0.39, 0.29) is 0 Å². The van der Waals surface area contributed by atoms with Crippen LogP contribution in [0.3, 0.4) is 0 Å². The Balaban J connectivity index is 1.83. The molecule has 1 aliphatic heterocycles. The molecule has 4 heteroatoms. The predicted octanol–water partition coefficient (Wildman–Crippen LogP) is 4.29. The SMILES string of the molecule is CC1=C(c2ccccc2)/C(=N/C(=S)Nc2ccccc2)OC1. The monoisotopic (exact) mass is 308 g/mol. The van der Waals surface area contributed by atoms with Gasteiger partial charge >= 0.3 is 0 Å². The second kappa shape index (κ2) is 6.54. The Morgan fingerprint density at radius 1 is 1.05 bits per heavy atom. The van der Waals surface area contributed by atoms with Crippen molar-refractivity contribution >= 4 is 34.5 Å². The maximum Gasteiger partial charge on any atom is 0.224 e. The summed E-state index contributed by atoms with van der Waals surface area (Å²) in [6.45, 7) is 2.61. The van der Waals surface area contributed by atoms with Gasteiger partial charge in [-0.15, -0.1) is 0 Å². The number of anilines is 1. The quantitative estimate of drug-likeness (QED) is 0.840. The number of benzene rings is 2. The van der Waals surface area contributed by atoms with Gasteiger partial charge in [0.05, 0.1) is 0 Å². The van der Waals surface area contributed by atoms with Crippen molar-refractivity contribution in [2.45, 2.75) is 6.92 Å². The second-order valence-corrected chi connectivity index (χ2v) is 5.41. The Bertz CT molecular complexity index is 736. The van der Waals surface area contributed by atoms with Crippen LogP contribution in [0, 0.1) is 0 Å². The molecule has 0 fully saturated rings. The summed E-state index contributed by atoms with van der Waals surface area (Å²) in [4.78, 5) is 4.44. The number of rotatable bonds is 2. The third-order valence-corrected chi connectivity index (χ3v) is 3.55. The Hall–Kier alpha value is -2.46. The van der Waals surface area contributed by atoms with Gasteiger partial charge in [0, 0.05) is 11.3 Å². The van der Waals surface area contributed by atoms with Gasteiger partial charge in [0.1, 0.15) is 6.61 Å². The predicted molar refractivity (Wildman–Crippen MR) is 95.1 cm³/mol. The van der Waals surface area contributed by atoms with Gasteiger partial charge in [0.2, 0.25) is 11.0 Å². The second-order valence-electron chi connectivity index (χ2n) is 5.02. The first kappa shape index (κ1) is 14.5. The number of thiocarbonyl (C=S) groups is 1. The molecule has 3 rings (SSSR count). The lowest BCUT2D eigenvalue weighted by Gasteiger charge is -2.07. The van der Waals surface area contributed by atoms with Crippen molar-refractivity contribution in [3.63, 3.8) is 0 Å². The first-order valence-corrected chi connectivity index (χ1v) is 7.48. The van der Waals surface area contributed by atoms with Crippen molar-refractivity contribution in [3.8, 4) is 0 Å². The van der Waals surface area contributed by atoms with Gasteiger partial charge in [-0.3, -0.25) is 0 Å². The van der Waals surface area contributed by atoms with E-state index in [0.29, 0.717) is 17.6 Å². The minimum Gasteiger partial charge on any atom is -0.473 e. The van der Waals surface area contributed by atoms with E-state index in [9.17, 15) is 0 Å². The Labute approximate surface area is 135 Å². The minimum atomic E-state index is 0.393. The molecular formula is C18H16N2OS. The van der Waals surface area contributed by atoms with Crippen LogP contribution < -0.4 is 5.32 Å². The molecule has 0 aliphatic carbocycles.